The van der Waals surface area contributed by atoms with Crippen LogP contribution in [0.5, 0.6) is 0 Å². The average molecular weight is 597 g/mol. The van der Waals surface area contributed by atoms with Gasteiger partial charge in [-0.15, -0.1) is 0 Å². The first kappa shape index (κ1) is 31.5. The van der Waals surface area contributed by atoms with Crippen LogP contribution in [0.3, 0.4) is 0 Å². The highest BCUT2D eigenvalue weighted by Crippen LogP contribution is 2.27. The first-order valence-electron chi connectivity index (χ1n) is 15.9. The van der Waals surface area contributed by atoms with Gasteiger partial charge in [0.25, 0.3) is 0 Å². The van der Waals surface area contributed by atoms with E-state index in [0.29, 0.717) is 26.2 Å². The molecule has 5 rings (SSSR count). The number of nitrogens with zero attached hydrogens (tertiary/aromatic N) is 4. The lowest BCUT2D eigenvalue weighted by atomic mass is 9.87. The Labute approximate surface area is 263 Å². The molecule has 8 nitrogen and oxygen atoms in total. The Hall–Kier alpha value is -3.88. The summed E-state index contributed by atoms with van der Waals surface area (Å²) in [5.41, 5.74) is 3.44. The summed E-state index contributed by atoms with van der Waals surface area (Å²) in [4.78, 5) is 35.2. The molecule has 2 fully saturated rings. The van der Waals surface area contributed by atoms with Crippen LogP contribution in [0.4, 0.5) is 9.59 Å². The zero-order valence-electron chi connectivity index (χ0n) is 26.8. The van der Waals surface area contributed by atoms with E-state index < -0.39 is 11.1 Å². The number of piperazine rings is 2. The molecule has 3 aromatic carbocycles. The maximum atomic E-state index is 13.3. The van der Waals surface area contributed by atoms with Crippen molar-refractivity contribution in [3.8, 4) is 0 Å². The molecule has 234 valence electrons. The van der Waals surface area contributed by atoms with E-state index >= 15 is 0 Å². The van der Waals surface area contributed by atoms with Crippen molar-refractivity contribution in [1.82, 2.24) is 30.2 Å². The van der Waals surface area contributed by atoms with E-state index in [9.17, 15) is 9.59 Å². The van der Waals surface area contributed by atoms with Gasteiger partial charge < -0.3 is 20.4 Å². The first-order chi connectivity index (χ1) is 21.1. The van der Waals surface area contributed by atoms with E-state index in [-0.39, 0.29) is 12.1 Å². The molecule has 0 atom stereocenters. The molecular formula is C36H48N6O2. The van der Waals surface area contributed by atoms with Gasteiger partial charge in [-0.1, -0.05) is 84.9 Å². The van der Waals surface area contributed by atoms with Gasteiger partial charge in [0.15, 0.2) is 0 Å². The molecule has 2 heterocycles. The zero-order chi connectivity index (χ0) is 31.2. The second-order valence-corrected chi connectivity index (χ2v) is 13.2. The Morgan fingerprint density at radius 3 is 1.27 bits per heavy atom. The molecular weight excluding hydrogens is 548 g/mol. The number of carbonyl (C=O) groups is 2. The Balaban J connectivity index is 1.12. The predicted molar refractivity (Wildman–Crippen MR) is 176 cm³/mol. The van der Waals surface area contributed by atoms with Crippen molar-refractivity contribution in [2.24, 2.45) is 0 Å². The molecule has 2 N–H and O–H groups in total. The van der Waals surface area contributed by atoms with Gasteiger partial charge in [0.1, 0.15) is 0 Å². The van der Waals surface area contributed by atoms with Gasteiger partial charge in [0.05, 0.1) is 11.1 Å². The summed E-state index contributed by atoms with van der Waals surface area (Å²) in [6, 6.07) is 29.1. The minimum Gasteiger partial charge on any atom is -0.329 e. The molecule has 4 amide bonds. The zero-order valence-corrected chi connectivity index (χ0v) is 26.8. The van der Waals surface area contributed by atoms with Gasteiger partial charge in [-0.3, -0.25) is 9.80 Å². The van der Waals surface area contributed by atoms with Crippen LogP contribution >= 0.6 is 0 Å². The molecule has 0 aromatic heterocycles. The Morgan fingerprint density at radius 2 is 0.909 bits per heavy atom. The predicted octanol–water partition coefficient (Wildman–Crippen LogP) is 5.21. The standard InChI is InChI=1S/C36H48N6O2/c1-35(2,37-33(43)41-22-18-39(19-23-41)27-29-12-7-5-8-13-29)31-16-11-17-32(26-31)36(3,4)38-34(44)42-24-20-40(21-25-42)28-30-14-9-6-10-15-30/h5-17,26H,18-25,27-28H2,1-4H3,(H,37,43)(H,38,44). The SMILES string of the molecule is CC(C)(NC(=O)N1CCN(Cc2ccccc2)CC1)c1cccc(C(C)(C)NC(=O)N2CCN(Cc3ccccc3)CC2)c1. The van der Waals surface area contributed by atoms with Crippen LogP contribution < -0.4 is 10.6 Å². The molecule has 44 heavy (non-hydrogen) atoms. The fraction of sp³-hybridized carbons (Fsp3) is 0.444. The fourth-order valence-corrected chi connectivity index (χ4v) is 6.04. The van der Waals surface area contributed by atoms with Crippen LogP contribution in [0.2, 0.25) is 0 Å². The minimum atomic E-state index is -0.580. The van der Waals surface area contributed by atoms with Gasteiger partial charge in [0, 0.05) is 65.4 Å². The van der Waals surface area contributed by atoms with Gasteiger partial charge in [-0.25, -0.2) is 9.59 Å². The largest absolute Gasteiger partial charge is 0.329 e. The fourth-order valence-electron chi connectivity index (χ4n) is 6.04. The number of urea groups is 2. The van der Waals surface area contributed by atoms with E-state index in [1.165, 1.54) is 11.1 Å². The van der Waals surface area contributed by atoms with Crippen molar-refractivity contribution < 1.29 is 9.59 Å². The van der Waals surface area contributed by atoms with Crippen LogP contribution in [-0.4, -0.2) is 84.0 Å². The summed E-state index contributed by atoms with van der Waals surface area (Å²) < 4.78 is 0. The van der Waals surface area contributed by atoms with E-state index in [4.69, 9.17) is 0 Å². The molecule has 0 saturated carbocycles. The molecule has 2 saturated heterocycles. The van der Waals surface area contributed by atoms with Gasteiger partial charge >= 0.3 is 12.1 Å². The van der Waals surface area contributed by atoms with Crippen LogP contribution in [0.1, 0.15) is 49.9 Å². The van der Waals surface area contributed by atoms with Gasteiger partial charge in [-0.2, -0.15) is 0 Å². The van der Waals surface area contributed by atoms with Crippen LogP contribution in [-0.2, 0) is 24.2 Å². The lowest BCUT2D eigenvalue weighted by molar-refractivity contribution is 0.130. The molecule has 2 aliphatic heterocycles. The minimum absolute atomic E-state index is 0.0428. The number of carbonyl (C=O) groups excluding carboxylic acids is 2. The molecule has 0 bridgehead atoms. The maximum Gasteiger partial charge on any atom is 0.318 e. The van der Waals surface area contributed by atoms with E-state index in [1.807, 2.05) is 67.8 Å². The summed E-state index contributed by atoms with van der Waals surface area (Å²) in [5.74, 6) is 0. The summed E-state index contributed by atoms with van der Waals surface area (Å²) in [5, 5.41) is 6.54. The maximum absolute atomic E-state index is 13.3. The van der Waals surface area contributed by atoms with E-state index in [2.05, 4.69) is 75.0 Å². The number of hydrogen-bond acceptors (Lipinski definition) is 4. The smallest absolute Gasteiger partial charge is 0.318 e. The van der Waals surface area contributed by atoms with Crippen molar-refractivity contribution in [1.29, 1.82) is 0 Å². The van der Waals surface area contributed by atoms with Crippen molar-refractivity contribution >= 4 is 12.1 Å². The summed E-state index contributed by atoms with van der Waals surface area (Å²) in [7, 11) is 0. The van der Waals surface area contributed by atoms with Gasteiger partial charge in [0.2, 0.25) is 0 Å². The number of hydrogen-bond donors (Lipinski definition) is 2. The molecule has 0 aliphatic carbocycles. The van der Waals surface area contributed by atoms with E-state index in [0.717, 1.165) is 50.4 Å². The highest BCUT2D eigenvalue weighted by atomic mass is 16.2. The highest BCUT2D eigenvalue weighted by molar-refractivity contribution is 5.76. The quantitative estimate of drug-likeness (QED) is 0.375. The van der Waals surface area contributed by atoms with Crippen molar-refractivity contribution in [3.05, 3.63) is 107 Å². The van der Waals surface area contributed by atoms with Crippen LogP contribution in [0, 0.1) is 0 Å². The third-order valence-corrected chi connectivity index (χ3v) is 8.96. The summed E-state index contributed by atoms with van der Waals surface area (Å²) in [6.45, 7) is 16.2. The van der Waals surface area contributed by atoms with Crippen LogP contribution in [0.15, 0.2) is 84.9 Å². The summed E-state index contributed by atoms with van der Waals surface area (Å²) >= 11 is 0. The van der Waals surface area contributed by atoms with Gasteiger partial charge in [-0.05, 0) is 49.9 Å². The molecule has 0 spiro atoms. The molecule has 8 heteroatoms. The normalized spacial score (nSPS) is 16.9. The number of amides is 4. The lowest BCUT2D eigenvalue weighted by Gasteiger charge is -2.38. The Morgan fingerprint density at radius 1 is 0.545 bits per heavy atom. The monoisotopic (exact) mass is 596 g/mol. The third-order valence-electron chi connectivity index (χ3n) is 8.96. The second-order valence-electron chi connectivity index (χ2n) is 13.2. The number of rotatable bonds is 8. The van der Waals surface area contributed by atoms with Crippen molar-refractivity contribution in [2.75, 3.05) is 52.4 Å². The average Bonchev–Trinajstić information content (AvgIpc) is 3.02. The first-order valence-corrected chi connectivity index (χ1v) is 15.9. The molecule has 3 aromatic rings. The molecule has 2 aliphatic rings. The van der Waals surface area contributed by atoms with Crippen LogP contribution in [0.25, 0.3) is 0 Å². The lowest BCUT2D eigenvalue weighted by Crippen LogP contribution is -2.55. The van der Waals surface area contributed by atoms with E-state index in [1.54, 1.807) is 0 Å². The molecule has 0 radical (unpaired) electrons. The summed E-state index contributed by atoms with van der Waals surface area (Å²) in [6.07, 6.45) is 0. The topological polar surface area (TPSA) is 71.2 Å². The van der Waals surface area contributed by atoms with Crippen molar-refractivity contribution in [2.45, 2.75) is 51.9 Å². The highest BCUT2D eigenvalue weighted by Gasteiger charge is 2.31. The third kappa shape index (κ3) is 8.18. The Bertz CT molecular complexity index is 1280. The molecule has 0 unspecified atom stereocenters. The Kier molecular flexibility index (Phi) is 9.91. The van der Waals surface area contributed by atoms with Crippen molar-refractivity contribution in [3.63, 3.8) is 0 Å². The second kappa shape index (κ2) is 13.8. The number of nitrogens with one attached hydrogen (secondary N) is 2. The number of benzene rings is 3.